The van der Waals surface area contributed by atoms with Crippen molar-refractivity contribution in [1.29, 1.82) is 0 Å². The molecule has 0 saturated heterocycles. The van der Waals surface area contributed by atoms with Crippen molar-refractivity contribution in [2.24, 2.45) is 5.92 Å². The van der Waals surface area contributed by atoms with Crippen molar-refractivity contribution in [3.05, 3.63) is 0 Å². The molecule has 0 aromatic heterocycles. The van der Waals surface area contributed by atoms with Gasteiger partial charge in [-0.1, -0.05) is 20.3 Å². The minimum absolute atomic E-state index is 0.0519. The van der Waals surface area contributed by atoms with Gasteiger partial charge in [0.2, 0.25) is 5.91 Å². The van der Waals surface area contributed by atoms with E-state index in [-0.39, 0.29) is 24.8 Å². The molecule has 0 aliphatic heterocycles. The molecule has 6 nitrogen and oxygen atoms in total. The van der Waals surface area contributed by atoms with E-state index in [9.17, 15) is 14.4 Å². The lowest BCUT2D eigenvalue weighted by atomic mass is 10.1. The first-order valence-electron chi connectivity index (χ1n) is 7.21. The third-order valence-electron chi connectivity index (χ3n) is 3.19. The minimum Gasteiger partial charge on any atom is -0.481 e. The number of hydrogen-bond acceptors (Lipinski definition) is 3. The van der Waals surface area contributed by atoms with Gasteiger partial charge < -0.3 is 10.0 Å². The fraction of sp³-hybridized carbons (Fsp3) is 0.786. The quantitative estimate of drug-likeness (QED) is 0.636. The zero-order valence-corrected chi connectivity index (χ0v) is 12.6. The van der Waals surface area contributed by atoms with Gasteiger partial charge in [-0.3, -0.25) is 14.9 Å². The summed E-state index contributed by atoms with van der Waals surface area (Å²) in [5.41, 5.74) is 0. The first kappa shape index (κ1) is 18.4. The van der Waals surface area contributed by atoms with Crippen molar-refractivity contribution in [2.75, 3.05) is 13.1 Å². The van der Waals surface area contributed by atoms with Crippen LogP contribution in [0.2, 0.25) is 0 Å². The second-order valence-electron chi connectivity index (χ2n) is 5.01. The zero-order chi connectivity index (χ0) is 15.5. The number of unbranched alkanes of at least 4 members (excludes halogenated alkanes) is 1. The number of hydrogen-bond donors (Lipinski definition) is 2. The second kappa shape index (κ2) is 10.2. The van der Waals surface area contributed by atoms with Gasteiger partial charge in [0.25, 0.3) is 0 Å². The van der Waals surface area contributed by atoms with Crippen LogP contribution in [0.15, 0.2) is 0 Å². The van der Waals surface area contributed by atoms with Crippen molar-refractivity contribution in [3.8, 4) is 0 Å². The first-order chi connectivity index (χ1) is 9.40. The smallest absolute Gasteiger partial charge is 0.324 e. The van der Waals surface area contributed by atoms with Gasteiger partial charge >= 0.3 is 12.0 Å². The van der Waals surface area contributed by atoms with E-state index in [1.165, 1.54) is 0 Å². The maximum Gasteiger partial charge on any atom is 0.324 e. The van der Waals surface area contributed by atoms with Crippen molar-refractivity contribution in [2.45, 2.75) is 52.9 Å². The fourth-order valence-corrected chi connectivity index (χ4v) is 1.68. The number of nitrogens with one attached hydrogen (secondary N) is 1. The molecular formula is C14H26N2O4. The highest BCUT2D eigenvalue weighted by Gasteiger charge is 2.16. The highest BCUT2D eigenvalue weighted by Crippen LogP contribution is 2.05. The van der Waals surface area contributed by atoms with E-state index in [0.29, 0.717) is 31.8 Å². The van der Waals surface area contributed by atoms with E-state index >= 15 is 0 Å². The summed E-state index contributed by atoms with van der Waals surface area (Å²) in [5.74, 6) is -0.818. The zero-order valence-electron chi connectivity index (χ0n) is 12.6. The molecule has 0 rings (SSSR count). The SMILES string of the molecule is CCC(C)CN(CC)C(=O)NC(=O)CCCCC(=O)O. The normalized spacial score (nSPS) is 11.8. The molecule has 6 heteroatoms. The predicted octanol–water partition coefficient (Wildman–Crippen LogP) is 2.24. The highest BCUT2D eigenvalue weighted by molar-refractivity contribution is 5.94. The van der Waals surface area contributed by atoms with Crippen LogP contribution in [0.1, 0.15) is 52.9 Å². The van der Waals surface area contributed by atoms with Crippen LogP contribution in [0, 0.1) is 5.92 Å². The molecule has 1 unspecified atom stereocenters. The van der Waals surface area contributed by atoms with E-state index in [0.717, 1.165) is 6.42 Å². The maximum absolute atomic E-state index is 11.9. The summed E-state index contributed by atoms with van der Waals surface area (Å²) in [4.78, 5) is 35.4. The number of rotatable bonds is 9. The molecule has 2 N–H and O–H groups in total. The van der Waals surface area contributed by atoms with Crippen molar-refractivity contribution in [1.82, 2.24) is 10.2 Å². The average Bonchev–Trinajstić information content (AvgIpc) is 2.40. The van der Waals surface area contributed by atoms with Crippen LogP contribution in [0.4, 0.5) is 4.79 Å². The number of nitrogens with zero attached hydrogens (tertiary/aromatic N) is 1. The Morgan fingerprint density at radius 1 is 1.15 bits per heavy atom. The molecule has 20 heavy (non-hydrogen) atoms. The lowest BCUT2D eigenvalue weighted by Gasteiger charge is -2.23. The van der Waals surface area contributed by atoms with E-state index in [1.54, 1.807) is 4.90 Å². The van der Waals surface area contributed by atoms with Crippen LogP contribution in [-0.4, -0.2) is 41.0 Å². The van der Waals surface area contributed by atoms with Crippen LogP contribution >= 0.6 is 0 Å². The van der Waals surface area contributed by atoms with Crippen LogP contribution in [0.3, 0.4) is 0 Å². The van der Waals surface area contributed by atoms with Gasteiger partial charge in [-0.15, -0.1) is 0 Å². The standard InChI is InChI=1S/C14H26N2O4/c1-4-11(3)10-16(5-2)14(20)15-12(17)8-6-7-9-13(18)19/h11H,4-10H2,1-3H3,(H,18,19)(H,15,17,20). The van der Waals surface area contributed by atoms with Gasteiger partial charge in [-0.2, -0.15) is 0 Å². The fourth-order valence-electron chi connectivity index (χ4n) is 1.68. The number of carbonyl (C=O) groups is 3. The molecule has 0 spiro atoms. The van der Waals surface area contributed by atoms with Gasteiger partial charge in [0.05, 0.1) is 0 Å². The van der Waals surface area contributed by atoms with Gasteiger partial charge in [0, 0.05) is 25.9 Å². The number of urea groups is 1. The summed E-state index contributed by atoms with van der Waals surface area (Å²) in [5, 5.41) is 10.8. The van der Waals surface area contributed by atoms with Crippen molar-refractivity contribution >= 4 is 17.9 Å². The Balaban J connectivity index is 4.03. The Kier molecular flexibility index (Phi) is 9.41. The first-order valence-corrected chi connectivity index (χ1v) is 7.21. The molecule has 0 aromatic rings. The van der Waals surface area contributed by atoms with Crippen LogP contribution < -0.4 is 5.32 Å². The number of carboxylic acids is 1. The lowest BCUT2D eigenvalue weighted by molar-refractivity contribution is -0.137. The molecular weight excluding hydrogens is 260 g/mol. The molecule has 0 aliphatic rings. The number of aliphatic carboxylic acids is 1. The molecule has 0 radical (unpaired) electrons. The van der Waals surface area contributed by atoms with Gasteiger partial charge in [0.15, 0.2) is 0 Å². The molecule has 3 amide bonds. The number of carbonyl (C=O) groups excluding carboxylic acids is 2. The van der Waals surface area contributed by atoms with Gasteiger partial charge in [-0.05, 0) is 25.7 Å². The topological polar surface area (TPSA) is 86.7 Å². The number of amides is 3. The Morgan fingerprint density at radius 2 is 1.75 bits per heavy atom. The molecule has 116 valence electrons. The van der Waals surface area contributed by atoms with Gasteiger partial charge in [0.1, 0.15) is 0 Å². The van der Waals surface area contributed by atoms with Crippen molar-refractivity contribution < 1.29 is 19.5 Å². The molecule has 0 fully saturated rings. The summed E-state index contributed by atoms with van der Waals surface area (Å²) in [6.07, 6.45) is 2.13. The van der Waals surface area contributed by atoms with Crippen LogP contribution in [0.5, 0.6) is 0 Å². The van der Waals surface area contributed by atoms with Gasteiger partial charge in [-0.25, -0.2) is 4.79 Å². The Morgan fingerprint density at radius 3 is 2.25 bits per heavy atom. The Bertz CT molecular complexity index is 331. The van der Waals surface area contributed by atoms with E-state index < -0.39 is 5.97 Å². The molecule has 0 aliphatic carbocycles. The summed E-state index contributed by atoms with van der Waals surface area (Å²) >= 11 is 0. The average molecular weight is 286 g/mol. The molecule has 0 saturated carbocycles. The lowest BCUT2D eigenvalue weighted by Crippen LogP contribution is -2.44. The Hall–Kier alpha value is -1.59. The van der Waals surface area contributed by atoms with Crippen LogP contribution in [-0.2, 0) is 9.59 Å². The monoisotopic (exact) mass is 286 g/mol. The summed E-state index contributed by atoms with van der Waals surface area (Å²) < 4.78 is 0. The third-order valence-corrected chi connectivity index (χ3v) is 3.19. The number of carboxylic acid groups (broad SMARTS) is 1. The van der Waals surface area contributed by atoms with Crippen molar-refractivity contribution in [3.63, 3.8) is 0 Å². The predicted molar refractivity (Wildman–Crippen MR) is 76.3 cm³/mol. The Labute approximate surface area is 120 Å². The summed E-state index contributed by atoms with van der Waals surface area (Å²) in [6, 6.07) is -0.365. The van der Waals surface area contributed by atoms with E-state index in [4.69, 9.17) is 5.11 Å². The number of imide groups is 1. The highest BCUT2D eigenvalue weighted by atomic mass is 16.4. The second-order valence-corrected chi connectivity index (χ2v) is 5.01. The molecule has 1 atom stereocenters. The maximum atomic E-state index is 11.9. The summed E-state index contributed by atoms with van der Waals surface area (Å²) in [6.45, 7) is 7.18. The van der Waals surface area contributed by atoms with E-state index in [2.05, 4.69) is 19.2 Å². The molecule has 0 bridgehead atoms. The molecule has 0 heterocycles. The summed E-state index contributed by atoms with van der Waals surface area (Å²) in [7, 11) is 0. The molecule has 0 aromatic carbocycles. The third kappa shape index (κ3) is 8.50. The largest absolute Gasteiger partial charge is 0.481 e. The minimum atomic E-state index is -0.868. The van der Waals surface area contributed by atoms with Crippen LogP contribution in [0.25, 0.3) is 0 Å². The van der Waals surface area contributed by atoms with E-state index in [1.807, 2.05) is 6.92 Å².